The van der Waals surface area contributed by atoms with Crippen molar-refractivity contribution in [3.8, 4) is 5.69 Å². The standard InChI is InChI=1S/C21H22FN3O2S2/c1-13-11-15(6-7-16(13)22)25-20(27)19-17(8-10-28-19)23-21(25)29-12-18(26)24-9-4-3-5-14(24)2/h6-8,10-11,14H,3-5,9,12H2,1-2H3. The monoisotopic (exact) mass is 431 g/mol. The van der Waals surface area contributed by atoms with Gasteiger partial charge in [-0.2, -0.15) is 0 Å². The number of benzene rings is 1. The van der Waals surface area contributed by atoms with Gasteiger partial charge in [0, 0.05) is 12.6 Å². The summed E-state index contributed by atoms with van der Waals surface area (Å²) in [5.74, 6) is -0.0498. The van der Waals surface area contributed by atoms with Crippen molar-refractivity contribution in [1.29, 1.82) is 0 Å². The van der Waals surface area contributed by atoms with E-state index in [-0.39, 0.29) is 29.1 Å². The highest BCUT2D eigenvalue weighted by atomic mass is 32.2. The minimum absolute atomic E-state index is 0.0590. The van der Waals surface area contributed by atoms with Gasteiger partial charge in [-0.1, -0.05) is 11.8 Å². The largest absolute Gasteiger partial charge is 0.339 e. The van der Waals surface area contributed by atoms with Crippen LogP contribution in [-0.4, -0.2) is 38.7 Å². The van der Waals surface area contributed by atoms with Crippen LogP contribution in [0.2, 0.25) is 0 Å². The summed E-state index contributed by atoms with van der Waals surface area (Å²) in [5.41, 5.74) is 1.43. The van der Waals surface area contributed by atoms with Crippen LogP contribution in [0.15, 0.2) is 39.6 Å². The Morgan fingerprint density at radius 3 is 2.93 bits per heavy atom. The number of piperidine rings is 1. The van der Waals surface area contributed by atoms with Gasteiger partial charge >= 0.3 is 0 Å². The third-order valence-electron chi connectivity index (χ3n) is 5.30. The summed E-state index contributed by atoms with van der Waals surface area (Å²) in [4.78, 5) is 32.5. The molecule has 0 N–H and O–H groups in total. The van der Waals surface area contributed by atoms with Crippen molar-refractivity contribution in [1.82, 2.24) is 14.5 Å². The summed E-state index contributed by atoms with van der Waals surface area (Å²) >= 11 is 2.59. The lowest BCUT2D eigenvalue weighted by Crippen LogP contribution is -2.43. The summed E-state index contributed by atoms with van der Waals surface area (Å²) in [6.07, 6.45) is 3.20. The van der Waals surface area contributed by atoms with Gasteiger partial charge in [0.25, 0.3) is 5.56 Å². The Bertz CT molecular complexity index is 1120. The highest BCUT2D eigenvalue weighted by Gasteiger charge is 2.24. The maximum atomic E-state index is 13.8. The minimum atomic E-state index is -0.324. The number of fused-ring (bicyclic) bond motifs is 1. The number of aromatic nitrogens is 2. The van der Waals surface area contributed by atoms with Crippen LogP contribution in [0.5, 0.6) is 0 Å². The molecule has 0 bridgehead atoms. The highest BCUT2D eigenvalue weighted by molar-refractivity contribution is 7.99. The Hall–Kier alpha value is -2.19. The van der Waals surface area contributed by atoms with E-state index in [2.05, 4.69) is 11.9 Å². The topological polar surface area (TPSA) is 55.2 Å². The van der Waals surface area contributed by atoms with Crippen LogP contribution in [0.25, 0.3) is 15.9 Å². The first-order valence-electron chi connectivity index (χ1n) is 9.65. The lowest BCUT2D eigenvalue weighted by Gasteiger charge is -2.33. The van der Waals surface area contributed by atoms with Gasteiger partial charge in [-0.25, -0.2) is 9.37 Å². The first-order valence-corrected chi connectivity index (χ1v) is 11.5. The number of halogens is 1. The van der Waals surface area contributed by atoms with Crippen LogP contribution in [-0.2, 0) is 4.79 Å². The summed E-state index contributed by atoms with van der Waals surface area (Å²) in [6, 6.07) is 6.61. The molecule has 1 fully saturated rings. The first kappa shape index (κ1) is 20.1. The van der Waals surface area contributed by atoms with E-state index < -0.39 is 0 Å². The van der Waals surface area contributed by atoms with Gasteiger partial charge < -0.3 is 4.90 Å². The maximum Gasteiger partial charge on any atom is 0.276 e. The van der Waals surface area contributed by atoms with E-state index in [1.807, 2.05) is 10.3 Å². The Kier molecular flexibility index (Phi) is 5.74. The van der Waals surface area contributed by atoms with Gasteiger partial charge in [-0.05, 0) is 68.3 Å². The number of thiophene rings is 1. The van der Waals surface area contributed by atoms with Crippen LogP contribution < -0.4 is 5.56 Å². The molecular formula is C21H22FN3O2S2. The van der Waals surface area contributed by atoms with E-state index in [0.29, 0.717) is 26.6 Å². The van der Waals surface area contributed by atoms with Gasteiger partial charge in [0.1, 0.15) is 10.5 Å². The fourth-order valence-electron chi connectivity index (χ4n) is 3.66. The SMILES string of the molecule is Cc1cc(-n2c(SCC(=O)N3CCCCC3C)nc3ccsc3c2=O)ccc1F. The number of hydrogen-bond acceptors (Lipinski definition) is 5. The van der Waals surface area contributed by atoms with Crippen LogP contribution in [0, 0.1) is 12.7 Å². The van der Waals surface area contributed by atoms with Gasteiger partial charge in [-0.15, -0.1) is 11.3 Å². The third-order valence-corrected chi connectivity index (χ3v) is 7.11. The molecule has 3 aromatic rings. The van der Waals surface area contributed by atoms with Crippen molar-refractivity contribution in [2.24, 2.45) is 0 Å². The number of likely N-dealkylation sites (tertiary alicyclic amines) is 1. The number of aryl methyl sites for hydroxylation is 1. The molecule has 0 spiro atoms. The zero-order chi connectivity index (χ0) is 20.5. The Balaban J connectivity index is 1.70. The molecule has 1 amide bonds. The second-order valence-electron chi connectivity index (χ2n) is 7.32. The van der Waals surface area contributed by atoms with Crippen molar-refractivity contribution in [2.45, 2.75) is 44.3 Å². The molecule has 1 aliphatic heterocycles. The van der Waals surface area contributed by atoms with E-state index in [4.69, 9.17) is 0 Å². The van der Waals surface area contributed by atoms with Crippen molar-refractivity contribution < 1.29 is 9.18 Å². The Morgan fingerprint density at radius 1 is 1.34 bits per heavy atom. The lowest BCUT2D eigenvalue weighted by atomic mass is 10.0. The molecule has 152 valence electrons. The predicted octanol–water partition coefficient (Wildman–Crippen LogP) is 4.39. The molecule has 1 unspecified atom stereocenters. The number of carbonyl (C=O) groups is 1. The van der Waals surface area contributed by atoms with Crippen molar-refractivity contribution in [3.63, 3.8) is 0 Å². The molecule has 8 heteroatoms. The predicted molar refractivity (Wildman–Crippen MR) is 116 cm³/mol. The molecular weight excluding hydrogens is 409 g/mol. The second kappa shape index (κ2) is 8.28. The Labute approximate surface area is 176 Å². The van der Waals surface area contributed by atoms with Crippen molar-refractivity contribution in [3.05, 3.63) is 51.4 Å². The van der Waals surface area contributed by atoms with Crippen LogP contribution >= 0.6 is 23.1 Å². The Morgan fingerprint density at radius 2 is 2.17 bits per heavy atom. The molecule has 3 heterocycles. The van der Waals surface area contributed by atoms with Crippen LogP contribution in [0.1, 0.15) is 31.7 Å². The molecule has 29 heavy (non-hydrogen) atoms. The molecule has 5 nitrogen and oxygen atoms in total. The van der Waals surface area contributed by atoms with Gasteiger partial charge in [0.05, 0.1) is 17.0 Å². The highest BCUT2D eigenvalue weighted by Crippen LogP contribution is 2.26. The van der Waals surface area contributed by atoms with E-state index in [9.17, 15) is 14.0 Å². The van der Waals surface area contributed by atoms with Crippen LogP contribution in [0.4, 0.5) is 4.39 Å². The van der Waals surface area contributed by atoms with E-state index >= 15 is 0 Å². The molecule has 1 saturated heterocycles. The number of amides is 1. The normalized spacial score (nSPS) is 17.1. The average molecular weight is 432 g/mol. The van der Waals surface area contributed by atoms with Crippen LogP contribution in [0.3, 0.4) is 0 Å². The number of thioether (sulfide) groups is 1. The van der Waals surface area contributed by atoms with Gasteiger partial charge in [0.15, 0.2) is 5.16 Å². The fraction of sp³-hybridized carbons (Fsp3) is 0.381. The van der Waals surface area contributed by atoms with Crippen molar-refractivity contribution >= 4 is 39.2 Å². The smallest absolute Gasteiger partial charge is 0.276 e. The second-order valence-corrected chi connectivity index (χ2v) is 9.18. The molecule has 2 aromatic heterocycles. The van der Waals surface area contributed by atoms with E-state index in [1.54, 1.807) is 25.1 Å². The summed E-state index contributed by atoms with van der Waals surface area (Å²) in [6.45, 7) is 4.52. The van der Waals surface area contributed by atoms with E-state index in [0.717, 1.165) is 25.8 Å². The fourth-order valence-corrected chi connectivity index (χ4v) is 5.32. The maximum absolute atomic E-state index is 13.8. The average Bonchev–Trinajstić information content (AvgIpc) is 3.18. The quantitative estimate of drug-likeness (QED) is 0.454. The number of hydrogen-bond donors (Lipinski definition) is 0. The lowest BCUT2D eigenvalue weighted by molar-refractivity contribution is -0.131. The molecule has 1 aromatic carbocycles. The molecule has 4 rings (SSSR count). The number of carbonyl (C=O) groups excluding carboxylic acids is 1. The van der Waals surface area contributed by atoms with Crippen molar-refractivity contribution in [2.75, 3.05) is 12.3 Å². The molecule has 0 aliphatic carbocycles. The molecule has 0 radical (unpaired) electrons. The van der Waals surface area contributed by atoms with Gasteiger partial charge in [0.2, 0.25) is 5.91 Å². The first-order chi connectivity index (χ1) is 14.0. The minimum Gasteiger partial charge on any atom is -0.339 e. The zero-order valence-corrected chi connectivity index (χ0v) is 18.0. The zero-order valence-electron chi connectivity index (χ0n) is 16.4. The molecule has 1 aliphatic rings. The van der Waals surface area contributed by atoms with E-state index in [1.165, 1.54) is 33.7 Å². The third kappa shape index (κ3) is 3.96. The summed E-state index contributed by atoms with van der Waals surface area (Å²) in [5, 5.41) is 2.28. The summed E-state index contributed by atoms with van der Waals surface area (Å²) in [7, 11) is 0. The number of nitrogens with zero attached hydrogens (tertiary/aromatic N) is 3. The van der Waals surface area contributed by atoms with Gasteiger partial charge in [-0.3, -0.25) is 14.2 Å². The molecule has 1 atom stereocenters. The number of rotatable bonds is 4. The summed E-state index contributed by atoms with van der Waals surface area (Å²) < 4.78 is 15.8. The molecule has 0 saturated carbocycles.